The average Bonchev–Trinajstić information content (AvgIpc) is 2.81. The van der Waals surface area contributed by atoms with E-state index in [1.54, 1.807) is 48.9 Å². The Labute approximate surface area is 125 Å². The maximum absolute atomic E-state index is 12.8. The molecule has 0 fully saturated rings. The molecule has 0 bridgehead atoms. The first-order valence-corrected chi connectivity index (χ1v) is 8.26. The van der Waals surface area contributed by atoms with E-state index in [9.17, 15) is 8.42 Å². The van der Waals surface area contributed by atoms with Gasteiger partial charge in [0.1, 0.15) is 5.82 Å². The molecule has 1 aromatic carbocycles. The zero-order chi connectivity index (χ0) is 15.6. The lowest BCUT2D eigenvalue weighted by Gasteiger charge is -2.21. The number of aromatic nitrogens is 2. The second-order valence-corrected chi connectivity index (χ2v) is 6.49. The van der Waals surface area contributed by atoms with Gasteiger partial charge in [-0.1, -0.05) is 6.07 Å². The van der Waals surface area contributed by atoms with E-state index in [0.29, 0.717) is 30.3 Å². The quantitative estimate of drug-likeness (QED) is 0.857. The van der Waals surface area contributed by atoms with Crippen LogP contribution < -0.4 is 10.0 Å². The molecule has 0 spiro atoms. The summed E-state index contributed by atoms with van der Waals surface area (Å²) in [4.78, 5) is 4.17. The summed E-state index contributed by atoms with van der Waals surface area (Å²) in [6.07, 6.45) is 1.57. The van der Waals surface area contributed by atoms with E-state index in [1.165, 1.54) is 4.31 Å². The zero-order valence-electron chi connectivity index (χ0n) is 12.4. The summed E-state index contributed by atoms with van der Waals surface area (Å²) in [6.45, 7) is 6.51. The molecule has 2 N–H and O–H groups in total. The topological polar surface area (TPSA) is 81.2 Å². The van der Waals surface area contributed by atoms with Crippen molar-refractivity contribution >= 4 is 21.4 Å². The van der Waals surface area contributed by atoms with Gasteiger partial charge in [0.25, 0.3) is 10.0 Å². The van der Waals surface area contributed by atoms with Crippen LogP contribution in [0.2, 0.25) is 0 Å². The normalized spacial score (nSPS) is 11.6. The molecule has 1 heterocycles. The fourth-order valence-electron chi connectivity index (χ4n) is 2.21. The molecule has 0 saturated carbocycles. The monoisotopic (exact) mass is 308 g/mol. The second kappa shape index (κ2) is 5.77. The Morgan fingerprint density at radius 3 is 2.57 bits per heavy atom. The van der Waals surface area contributed by atoms with Gasteiger partial charge in [-0.3, -0.25) is 4.31 Å². The fraction of sp³-hybridized carbons (Fsp3) is 0.357. The molecule has 0 atom stereocenters. The van der Waals surface area contributed by atoms with Gasteiger partial charge in [-0.2, -0.15) is 8.42 Å². The number of nitrogens with two attached hydrogens (primary N) is 1. The van der Waals surface area contributed by atoms with Gasteiger partial charge in [-0.25, -0.2) is 4.98 Å². The van der Waals surface area contributed by atoms with Crippen molar-refractivity contribution in [2.45, 2.75) is 32.3 Å². The van der Waals surface area contributed by atoms with E-state index in [0.717, 1.165) is 0 Å². The third-order valence-electron chi connectivity index (χ3n) is 3.29. The van der Waals surface area contributed by atoms with E-state index in [2.05, 4.69) is 4.98 Å². The Balaban J connectivity index is 2.49. The van der Waals surface area contributed by atoms with Crippen LogP contribution in [0.3, 0.4) is 0 Å². The van der Waals surface area contributed by atoms with Crippen LogP contribution in [-0.4, -0.2) is 24.5 Å². The first-order chi connectivity index (χ1) is 9.90. The highest BCUT2D eigenvalue weighted by Gasteiger charge is 2.26. The Kier molecular flexibility index (Phi) is 4.22. The molecule has 0 aliphatic carbocycles. The van der Waals surface area contributed by atoms with Crippen molar-refractivity contribution in [1.82, 2.24) is 9.55 Å². The largest absolute Gasteiger partial charge is 0.399 e. The Morgan fingerprint density at radius 2 is 2.05 bits per heavy atom. The van der Waals surface area contributed by atoms with Crippen LogP contribution in [0.5, 0.6) is 0 Å². The Hall–Kier alpha value is -2.02. The minimum Gasteiger partial charge on any atom is -0.399 e. The molecule has 0 aliphatic heterocycles. The minimum atomic E-state index is -3.69. The van der Waals surface area contributed by atoms with Crippen molar-refractivity contribution in [2.24, 2.45) is 0 Å². The summed E-state index contributed by atoms with van der Waals surface area (Å²) >= 11 is 0. The summed E-state index contributed by atoms with van der Waals surface area (Å²) in [5.74, 6) is 0.680. The molecule has 0 unspecified atom stereocenters. The summed E-state index contributed by atoms with van der Waals surface area (Å²) in [7, 11) is -3.69. The number of imidazole rings is 1. The van der Waals surface area contributed by atoms with Crippen LogP contribution in [0.25, 0.3) is 0 Å². The number of aryl methyl sites for hydroxylation is 2. The molecule has 6 nitrogen and oxygen atoms in total. The van der Waals surface area contributed by atoms with E-state index in [4.69, 9.17) is 5.73 Å². The van der Waals surface area contributed by atoms with Gasteiger partial charge < -0.3 is 10.3 Å². The van der Waals surface area contributed by atoms with Gasteiger partial charge in [0.15, 0.2) is 5.03 Å². The predicted octanol–water partition coefficient (Wildman–Crippen LogP) is 2.01. The predicted molar refractivity (Wildman–Crippen MR) is 83.7 cm³/mol. The first kappa shape index (κ1) is 15.4. The number of anilines is 2. The number of nitrogens with zero attached hydrogens (tertiary/aromatic N) is 3. The number of rotatable bonds is 5. The van der Waals surface area contributed by atoms with E-state index >= 15 is 0 Å². The van der Waals surface area contributed by atoms with Crippen LogP contribution in [-0.2, 0) is 16.6 Å². The molecular weight excluding hydrogens is 288 g/mol. The molecule has 2 rings (SSSR count). The third kappa shape index (κ3) is 2.87. The van der Waals surface area contributed by atoms with Crippen LogP contribution in [0.1, 0.15) is 19.7 Å². The van der Waals surface area contributed by atoms with Crippen LogP contribution in [0, 0.1) is 6.92 Å². The Bertz CT molecular complexity index is 737. The number of hydrogen-bond acceptors (Lipinski definition) is 4. The molecule has 2 aromatic rings. The Morgan fingerprint density at radius 1 is 1.33 bits per heavy atom. The first-order valence-electron chi connectivity index (χ1n) is 6.82. The van der Waals surface area contributed by atoms with Crippen molar-refractivity contribution in [3.05, 3.63) is 36.3 Å². The van der Waals surface area contributed by atoms with Crippen LogP contribution in [0.4, 0.5) is 11.4 Å². The van der Waals surface area contributed by atoms with Gasteiger partial charge >= 0.3 is 0 Å². The highest BCUT2D eigenvalue weighted by atomic mass is 32.2. The maximum Gasteiger partial charge on any atom is 0.283 e. The van der Waals surface area contributed by atoms with Crippen molar-refractivity contribution in [3.8, 4) is 0 Å². The van der Waals surface area contributed by atoms with Crippen molar-refractivity contribution in [3.63, 3.8) is 0 Å². The molecule has 114 valence electrons. The number of sulfonamides is 1. The number of hydrogen-bond donors (Lipinski definition) is 1. The molecule has 21 heavy (non-hydrogen) atoms. The van der Waals surface area contributed by atoms with Crippen molar-refractivity contribution in [2.75, 3.05) is 16.6 Å². The van der Waals surface area contributed by atoms with E-state index in [1.807, 2.05) is 6.92 Å². The third-order valence-corrected chi connectivity index (χ3v) is 5.07. The van der Waals surface area contributed by atoms with Crippen molar-refractivity contribution < 1.29 is 8.42 Å². The molecule has 1 aromatic heterocycles. The van der Waals surface area contributed by atoms with Gasteiger partial charge in [0.2, 0.25) is 0 Å². The highest BCUT2D eigenvalue weighted by molar-refractivity contribution is 7.92. The fourth-order valence-corrected chi connectivity index (χ4v) is 3.67. The van der Waals surface area contributed by atoms with Gasteiger partial charge in [-0.05, 0) is 39.0 Å². The second-order valence-electron chi connectivity index (χ2n) is 4.68. The molecule has 0 aliphatic rings. The van der Waals surface area contributed by atoms with E-state index in [-0.39, 0.29) is 5.03 Å². The summed E-state index contributed by atoms with van der Waals surface area (Å²) in [6, 6.07) is 6.82. The van der Waals surface area contributed by atoms with Crippen LogP contribution in [0.15, 0.2) is 35.5 Å². The van der Waals surface area contributed by atoms with E-state index < -0.39 is 10.0 Å². The lowest BCUT2D eigenvalue weighted by Crippen LogP contribution is -2.31. The number of nitrogen functional groups attached to an aromatic ring is 1. The summed E-state index contributed by atoms with van der Waals surface area (Å²) < 4.78 is 28.6. The standard InChI is InChI=1S/C14H20N4O2S/c1-4-17-10-14(16-11(17)3)21(19,20)18(5-2)13-8-6-7-12(15)9-13/h6-10H,4-5,15H2,1-3H3. The summed E-state index contributed by atoms with van der Waals surface area (Å²) in [5.41, 5.74) is 6.81. The smallest absolute Gasteiger partial charge is 0.283 e. The minimum absolute atomic E-state index is 0.0612. The highest BCUT2D eigenvalue weighted by Crippen LogP contribution is 2.24. The molecule has 0 amide bonds. The summed E-state index contributed by atoms with van der Waals surface area (Å²) in [5, 5.41) is 0.0612. The molecule has 7 heteroatoms. The SMILES string of the molecule is CCN(c1cccc(N)c1)S(=O)(=O)c1cn(CC)c(C)n1. The van der Waals surface area contributed by atoms with Gasteiger partial charge in [0.05, 0.1) is 5.69 Å². The number of benzene rings is 1. The lowest BCUT2D eigenvalue weighted by atomic mass is 10.3. The van der Waals surface area contributed by atoms with Gasteiger partial charge in [0, 0.05) is 25.0 Å². The molecule has 0 saturated heterocycles. The molecule has 0 radical (unpaired) electrons. The van der Waals surface area contributed by atoms with Gasteiger partial charge in [-0.15, -0.1) is 0 Å². The zero-order valence-corrected chi connectivity index (χ0v) is 13.3. The van der Waals surface area contributed by atoms with Crippen molar-refractivity contribution in [1.29, 1.82) is 0 Å². The van der Waals surface area contributed by atoms with Crippen LogP contribution >= 0.6 is 0 Å². The molecular formula is C14H20N4O2S. The lowest BCUT2D eigenvalue weighted by molar-refractivity contribution is 0.588. The maximum atomic E-state index is 12.8. The average molecular weight is 308 g/mol.